The van der Waals surface area contributed by atoms with Crippen LogP contribution in [0.4, 0.5) is 0 Å². The molecule has 0 fully saturated rings. The molecule has 112 valence electrons. The lowest BCUT2D eigenvalue weighted by molar-refractivity contribution is 0.0995. The number of carbonyl (C=O) groups excluding carboxylic acids is 1. The summed E-state index contributed by atoms with van der Waals surface area (Å²) < 4.78 is 0. The Morgan fingerprint density at radius 1 is 1.29 bits per heavy atom. The van der Waals surface area contributed by atoms with E-state index in [1.807, 2.05) is 31.2 Å². The summed E-state index contributed by atoms with van der Waals surface area (Å²) in [5.41, 5.74) is 8.96. The Hall–Kier alpha value is -2.10. The lowest BCUT2D eigenvalue weighted by Gasteiger charge is -2.17. The van der Waals surface area contributed by atoms with Crippen molar-refractivity contribution in [1.29, 1.82) is 0 Å². The van der Waals surface area contributed by atoms with Gasteiger partial charge in [-0.05, 0) is 30.7 Å². The maximum Gasteiger partial charge on any atom is 0.269 e. The van der Waals surface area contributed by atoms with Gasteiger partial charge >= 0.3 is 0 Å². The first-order chi connectivity index (χ1) is 9.78. The molecule has 0 unspecified atom stereocenters. The zero-order chi connectivity index (χ0) is 15.6. The smallest absolute Gasteiger partial charge is 0.269 e. The average Bonchev–Trinajstić information content (AvgIpc) is 2.80. The molecule has 0 saturated carbocycles. The highest BCUT2D eigenvalue weighted by Gasteiger charge is 2.19. The number of amides is 1. The molecule has 4 heteroatoms. The van der Waals surface area contributed by atoms with Crippen LogP contribution in [0, 0.1) is 12.3 Å². The van der Waals surface area contributed by atoms with Crippen molar-refractivity contribution in [3.8, 4) is 11.4 Å². The topological polar surface area (TPSA) is 71.8 Å². The molecule has 0 aliphatic rings. The van der Waals surface area contributed by atoms with Crippen LogP contribution in [0.15, 0.2) is 24.3 Å². The molecule has 2 rings (SSSR count). The molecule has 1 heterocycles. The molecular formula is C17H23N3O. The Bertz CT molecular complexity index is 650. The second kappa shape index (κ2) is 5.72. The first-order valence-electron chi connectivity index (χ1n) is 7.22. The first-order valence-corrected chi connectivity index (χ1v) is 7.22. The van der Waals surface area contributed by atoms with Crippen LogP contribution in [-0.2, 0) is 6.42 Å². The van der Waals surface area contributed by atoms with Crippen molar-refractivity contribution >= 4 is 5.91 Å². The third-order valence-corrected chi connectivity index (χ3v) is 3.54. The van der Waals surface area contributed by atoms with Crippen molar-refractivity contribution in [2.45, 2.75) is 40.5 Å². The standard InChI is InChI=1S/C17H23N3O/c1-11-7-5-6-8-12(11)16-19-13(9-10-17(2,3)4)14(20-16)15(18)21/h5-8H,9-10H2,1-4H3,(H2,18,21)(H,19,20). The van der Waals surface area contributed by atoms with Crippen LogP contribution < -0.4 is 5.73 Å². The Balaban J connectivity index is 2.38. The number of aromatic amines is 1. The second-order valence-corrected chi connectivity index (χ2v) is 6.65. The molecule has 1 amide bonds. The van der Waals surface area contributed by atoms with Gasteiger partial charge < -0.3 is 10.7 Å². The van der Waals surface area contributed by atoms with E-state index in [2.05, 4.69) is 30.7 Å². The van der Waals surface area contributed by atoms with Gasteiger partial charge in [0.25, 0.3) is 5.91 Å². The predicted octanol–water partition coefficient (Wildman–Crippen LogP) is 3.46. The minimum Gasteiger partial charge on any atom is -0.364 e. The van der Waals surface area contributed by atoms with E-state index in [0.29, 0.717) is 11.5 Å². The van der Waals surface area contributed by atoms with Crippen molar-refractivity contribution in [2.75, 3.05) is 0 Å². The molecule has 0 bridgehead atoms. The van der Waals surface area contributed by atoms with Crippen LogP contribution >= 0.6 is 0 Å². The molecule has 0 saturated heterocycles. The van der Waals surface area contributed by atoms with Gasteiger partial charge in [0.1, 0.15) is 11.5 Å². The SMILES string of the molecule is Cc1ccccc1-c1nc(C(N)=O)c(CCC(C)(C)C)[nH]1. The van der Waals surface area contributed by atoms with Crippen LogP contribution in [0.2, 0.25) is 0 Å². The monoisotopic (exact) mass is 285 g/mol. The number of rotatable bonds is 4. The van der Waals surface area contributed by atoms with Crippen molar-refractivity contribution in [3.63, 3.8) is 0 Å². The third-order valence-electron chi connectivity index (χ3n) is 3.54. The van der Waals surface area contributed by atoms with Crippen molar-refractivity contribution < 1.29 is 4.79 Å². The number of imidazole rings is 1. The summed E-state index contributed by atoms with van der Waals surface area (Å²) in [7, 11) is 0. The van der Waals surface area contributed by atoms with Gasteiger partial charge in [0.05, 0.1) is 0 Å². The van der Waals surface area contributed by atoms with Gasteiger partial charge in [-0.15, -0.1) is 0 Å². The van der Waals surface area contributed by atoms with E-state index in [1.165, 1.54) is 0 Å². The van der Waals surface area contributed by atoms with E-state index in [9.17, 15) is 4.79 Å². The maximum absolute atomic E-state index is 11.6. The Kier molecular flexibility index (Phi) is 4.16. The van der Waals surface area contributed by atoms with Crippen molar-refractivity contribution in [3.05, 3.63) is 41.2 Å². The molecule has 1 aromatic heterocycles. The van der Waals surface area contributed by atoms with E-state index >= 15 is 0 Å². The zero-order valence-electron chi connectivity index (χ0n) is 13.2. The van der Waals surface area contributed by atoms with Gasteiger partial charge in [0.2, 0.25) is 0 Å². The number of nitrogens with zero attached hydrogens (tertiary/aromatic N) is 1. The molecule has 1 aromatic carbocycles. The Labute approximate surface area is 125 Å². The third kappa shape index (κ3) is 3.72. The minimum atomic E-state index is -0.477. The molecule has 0 atom stereocenters. The van der Waals surface area contributed by atoms with E-state index < -0.39 is 5.91 Å². The lowest BCUT2D eigenvalue weighted by Crippen LogP contribution is -2.15. The number of nitrogens with one attached hydrogen (secondary N) is 1. The number of benzene rings is 1. The highest BCUT2D eigenvalue weighted by atomic mass is 16.1. The van der Waals surface area contributed by atoms with Gasteiger partial charge in [-0.1, -0.05) is 45.0 Å². The highest BCUT2D eigenvalue weighted by molar-refractivity contribution is 5.92. The number of aromatic nitrogens is 2. The number of carbonyl (C=O) groups is 1. The van der Waals surface area contributed by atoms with Crippen LogP contribution in [0.3, 0.4) is 0 Å². The van der Waals surface area contributed by atoms with Crippen molar-refractivity contribution in [2.24, 2.45) is 11.1 Å². The molecule has 21 heavy (non-hydrogen) atoms. The molecule has 0 spiro atoms. The summed E-state index contributed by atoms with van der Waals surface area (Å²) in [4.78, 5) is 19.3. The molecule has 3 N–H and O–H groups in total. The maximum atomic E-state index is 11.6. The summed E-state index contributed by atoms with van der Waals surface area (Å²) in [6.07, 6.45) is 1.73. The van der Waals surface area contributed by atoms with Gasteiger partial charge in [0, 0.05) is 11.3 Å². The fraction of sp³-hybridized carbons (Fsp3) is 0.412. The van der Waals surface area contributed by atoms with Gasteiger partial charge in [-0.2, -0.15) is 0 Å². The van der Waals surface area contributed by atoms with Gasteiger partial charge in [-0.25, -0.2) is 4.98 Å². The summed E-state index contributed by atoms with van der Waals surface area (Å²) >= 11 is 0. The quantitative estimate of drug-likeness (QED) is 0.903. The predicted molar refractivity (Wildman–Crippen MR) is 85.1 cm³/mol. The van der Waals surface area contributed by atoms with Crippen LogP contribution in [0.1, 0.15) is 48.9 Å². The summed E-state index contributed by atoms with van der Waals surface area (Å²) in [6, 6.07) is 7.96. The fourth-order valence-corrected chi connectivity index (χ4v) is 2.26. The summed E-state index contributed by atoms with van der Waals surface area (Å²) in [5, 5.41) is 0. The van der Waals surface area contributed by atoms with E-state index in [4.69, 9.17) is 5.73 Å². The van der Waals surface area contributed by atoms with E-state index in [-0.39, 0.29) is 5.41 Å². The van der Waals surface area contributed by atoms with Crippen LogP contribution in [0.25, 0.3) is 11.4 Å². The molecule has 4 nitrogen and oxygen atoms in total. The van der Waals surface area contributed by atoms with Gasteiger partial charge in [0.15, 0.2) is 0 Å². The van der Waals surface area contributed by atoms with Crippen molar-refractivity contribution in [1.82, 2.24) is 9.97 Å². The zero-order valence-corrected chi connectivity index (χ0v) is 13.2. The first kappa shape index (κ1) is 15.3. The second-order valence-electron chi connectivity index (χ2n) is 6.65. The van der Waals surface area contributed by atoms with Crippen LogP contribution in [-0.4, -0.2) is 15.9 Å². The largest absolute Gasteiger partial charge is 0.364 e. The number of H-pyrrole nitrogens is 1. The summed E-state index contributed by atoms with van der Waals surface area (Å²) in [5.74, 6) is 0.237. The number of hydrogen-bond donors (Lipinski definition) is 2. The van der Waals surface area contributed by atoms with E-state index in [0.717, 1.165) is 29.7 Å². The minimum absolute atomic E-state index is 0.197. The number of hydrogen-bond acceptors (Lipinski definition) is 2. The average molecular weight is 285 g/mol. The fourth-order valence-electron chi connectivity index (χ4n) is 2.26. The number of aryl methyl sites for hydroxylation is 2. The van der Waals surface area contributed by atoms with Crippen LogP contribution in [0.5, 0.6) is 0 Å². The highest BCUT2D eigenvalue weighted by Crippen LogP contribution is 2.25. The molecular weight excluding hydrogens is 262 g/mol. The Morgan fingerprint density at radius 3 is 2.52 bits per heavy atom. The number of primary amides is 1. The lowest BCUT2D eigenvalue weighted by atomic mass is 9.89. The molecule has 0 aliphatic heterocycles. The normalized spacial score (nSPS) is 11.6. The molecule has 0 aliphatic carbocycles. The summed E-state index contributed by atoms with van der Waals surface area (Å²) in [6.45, 7) is 8.55. The van der Waals surface area contributed by atoms with Gasteiger partial charge in [-0.3, -0.25) is 4.79 Å². The molecule has 2 aromatic rings. The Morgan fingerprint density at radius 2 is 1.95 bits per heavy atom. The number of nitrogens with two attached hydrogens (primary N) is 1. The molecule has 0 radical (unpaired) electrons. The van der Waals surface area contributed by atoms with E-state index in [1.54, 1.807) is 0 Å².